The number of thiol groups is 1. The number of thiocarbonyl (C=S) groups is 1. The number of halogens is 8. The zero-order valence-electron chi connectivity index (χ0n) is 68.7. The molecule has 13 heterocycles. The second-order valence-corrected chi connectivity index (χ2v) is 39.4. The van der Waals surface area contributed by atoms with Crippen molar-refractivity contribution < 1.29 is 145 Å². The number of carboxylic acids is 5. The predicted molar refractivity (Wildman–Crippen MR) is 507 cm³/mol. The summed E-state index contributed by atoms with van der Waals surface area (Å²) in [7, 11) is 6.36. The van der Waals surface area contributed by atoms with Crippen molar-refractivity contribution in [2.24, 2.45) is 25.7 Å². The molecule has 0 amide bonds. The number of hydrogen-bond donors (Lipinski definition) is 14. The Hall–Kier alpha value is -6.19. The fourth-order valence-electron chi connectivity index (χ4n) is 9.56. The fraction of sp³-hybridized carbons (Fsp3) is 0.356. The number of oxazole rings is 2. The third-order valence-corrected chi connectivity index (χ3v) is 20.7. The summed E-state index contributed by atoms with van der Waals surface area (Å²) in [4.78, 5) is 106. The number of aromatic nitrogens is 9. The monoisotopic (exact) mass is 2060 g/mol. The van der Waals surface area contributed by atoms with Gasteiger partial charge < -0.3 is 96.2 Å². The van der Waals surface area contributed by atoms with E-state index in [1.54, 1.807) is 131 Å². The molecule has 0 saturated heterocycles. The number of rotatable bonds is 14. The van der Waals surface area contributed by atoms with Gasteiger partial charge in [-0.1, -0.05) is 6.92 Å². The molecular weight excluding hydrogens is 1970 g/mol. The van der Waals surface area contributed by atoms with Crippen molar-refractivity contribution in [3.8, 4) is 28.7 Å². The van der Waals surface area contributed by atoms with Crippen LogP contribution < -0.4 is 62.9 Å². The van der Waals surface area contributed by atoms with E-state index in [1.165, 1.54) is 59.3 Å². The largest absolute Gasteiger partial charge is 1.00 e. The van der Waals surface area contributed by atoms with Crippen LogP contribution in [0.4, 0.5) is 10.2 Å². The Bertz CT molecular complexity index is 4710. The number of carboxylic acid groups (broad SMARTS) is 5. The van der Waals surface area contributed by atoms with Gasteiger partial charge in [0.15, 0.2) is 58.2 Å². The summed E-state index contributed by atoms with van der Waals surface area (Å²) in [6, 6.07) is 19.2. The number of fused-ring (bicyclic) bond motifs is 2. The number of thioether (sulfide) groups is 4. The van der Waals surface area contributed by atoms with Crippen molar-refractivity contribution >= 4 is 271 Å². The van der Waals surface area contributed by atoms with Gasteiger partial charge in [-0.3, -0.25) is 54.1 Å². The number of aliphatic carboxylic acids is 5. The van der Waals surface area contributed by atoms with Crippen molar-refractivity contribution in [1.82, 2.24) is 44.9 Å². The summed E-state index contributed by atoms with van der Waals surface area (Å²) in [6.45, 7) is 19.9. The van der Waals surface area contributed by atoms with Crippen molar-refractivity contribution in [1.29, 1.82) is 0 Å². The number of nitrogen functional groups attached to an aromatic ring is 1. The number of pyridine rings is 7. The first-order valence-electron chi connectivity index (χ1n) is 34.7. The first-order chi connectivity index (χ1) is 55.9. The van der Waals surface area contributed by atoms with E-state index in [4.69, 9.17) is 80.3 Å². The molecule has 0 fully saturated rings. The molecule has 1 unspecified atom stereocenters. The minimum atomic E-state index is -1.67. The Morgan fingerprint density at radius 3 is 1.04 bits per heavy atom. The zero-order valence-corrected chi connectivity index (χ0v) is 83.7. The molecule has 0 bridgehead atoms. The second kappa shape index (κ2) is 58.4. The Labute approximate surface area is 836 Å². The van der Waals surface area contributed by atoms with Crippen LogP contribution in [0.2, 0.25) is 5.35 Å². The Kier molecular flexibility index (Phi) is 56.4. The van der Waals surface area contributed by atoms with Crippen LogP contribution >= 0.6 is 167 Å². The number of nitrogens with one attached hydrogen (secondary N) is 1. The van der Waals surface area contributed by atoms with Crippen molar-refractivity contribution in [2.45, 2.75) is 156 Å². The smallest absolute Gasteiger partial charge is 0.506 e. The minimum absolute atomic E-state index is 0. The van der Waals surface area contributed by atoms with Gasteiger partial charge in [0, 0.05) is 114 Å². The first-order valence-corrected chi connectivity index (χ1v) is 42.1. The van der Waals surface area contributed by atoms with Gasteiger partial charge >= 0.3 is 81.2 Å². The number of aliphatic imine (C=N–C) groups is 4. The minimum Gasteiger partial charge on any atom is -0.506 e. The number of anilines is 1. The molecule has 9 aromatic heterocycles. The first kappa shape index (κ1) is 120. The van der Waals surface area contributed by atoms with Gasteiger partial charge in [-0.25, -0.2) is 38.3 Å². The molecule has 51 heteroatoms. The average molecular weight is 2060 g/mol. The number of alkyl halides is 1. The van der Waals surface area contributed by atoms with E-state index in [9.17, 15) is 48.8 Å². The van der Waals surface area contributed by atoms with E-state index in [0.717, 1.165) is 0 Å². The molecule has 0 saturated carbocycles. The van der Waals surface area contributed by atoms with Gasteiger partial charge in [0.25, 0.3) is 10.2 Å². The number of H-pyrrole nitrogens is 1. The molecule has 33 nitrogen and oxygen atoms in total. The topological polar surface area (TPSA) is 551 Å². The molecule has 5 atom stereocenters. The predicted octanol–water partition coefficient (Wildman–Crippen LogP) is 12.3. The van der Waals surface area contributed by atoms with Crippen molar-refractivity contribution in [3.05, 3.63) is 161 Å². The van der Waals surface area contributed by atoms with Gasteiger partial charge in [-0.05, 0) is 178 Å². The van der Waals surface area contributed by atoms with Crippen molar-refractivity contribution in [3.63, 3.8) is 0 Å². The van der Waals surface area contributed by atoms with E-state index in [2.05, 4.69) is 124 Å². The number of aromatic amines is 1. The molecule has 0 aliphatic carbocycles. The number of carbonyl (C=O) groups is 5. The molecule has 676 valence electrons. The van der Waals surface area contributed by atoms with E-state index in [1.807, 2.05) is 61.5 Å². The van der Waals surface area contributed by atoms with Gasteiger partial charge in [-0.2, -0.15) is 21.8 Å². The number of nitrogens with two attached hydrogens (primary N) is 2. The summed E-state index contributed by atoms with van der Waals surface area (Å²) in [5.41, 5.74) is 15.0. The van der Waals surface area contributed by atoms with Crippen LogP contribution in [-0.4, -0.2) is 215 Å². The average Bonchev–Trinajstić information content (AvgIpc) is 1.65. The summed E-state index contributed by atoms with van der Waals surface area (Å²) in [5, 5.41) is 94.9. The van der Waals surface area contributed by atoms with E-state index < -0.39 is 100 Å². The third kappa shape index (κ3) is 42.8. The fourth-order valence-corrected chi connectivity index (χ4v) is 15.0. The third-order valence-electron chi connectivity index (χ3n) is 15.1. The van der Waals surface area contributed by atoms with Crippen molar-refractivity contribution in [2.75, 3.05) is 12.9 Å². The molecule has 15 N–H and O–H groups in total. The van der Waals surface area contributed by atoms with E-state index in [-0.39, 0.29) is 141 Å². The molecular formula is C73H90Cl7FKN15O18S9. The Morgan fingerprint density at radius 2 is 0.823 bits per heavy atom. The van der Waals surface area contributed by atoms with Crippen LogP contribution in [0.5, 0.6) is 28.7 Å². The van der Waals surface area contributed by atoms with Crippen LogP contribution in [0.3, 0.4) is 0 Å². The van der Waals surface area contributed by atoms with Crippen LogP contribution in [-0.2, 0) is 71.5 Å². The summed E-state index contributed by atoms with van der Waals surface area (Å²) in [5.74, 6) is -4.07. The number of nitrogens with zero attached hydrogens (tertiary/aromatic N) is 12. The summed E-state index contributed by atoms with van der Waals surface area (Å²) in [6.07, 6.45) is 12.7. The maximum atomic E-state index is 11.1. The van der Waals surface area contributed by atoms with Gasteiger partial charge in [0.1, 0.15) is 29.0 Å². The SMILES string of the molecule is CC(=S)[S-].CC(C)(S)C(N)C(=O)O.CC1(C)SC(Cc2ncccc2O)=N[C@@H]1C(=O)O.CC1(C)SC(Cc2ncccc2O)=N[C@@H]1C(=O)O.CC1(C)SC(Cc2ncccc2O)=N[C@H]1C(=O)O.CC1(C)SC(Cc2ncccc2O)=N[C@H]1C(=O)O.Cl.Cl.Cl.Cl.Clc1nc2ncccc2o1.Nc1ncccc1O.O=S(Cl)Cl.S=c1[nH]c2ncccc2o1.[2H]CF.[K+]. The van der Waals surface area contributed by atoms with Gasteiger partial charge in [0.2, 0.25) is 9.23 Å². The molecule has 4 aliphatic heterocycles. The Balaban J connectivity index is -0.00000135. The van der Waals surface area contributed by atoms with Crippen LogP contribution in [0, 0.1) is 4.84 Å². The summed E-state index contributed by atoms with van der Waals surface area (Å²) < 4.78 is 32.7. The van der Waals surface area contributed by atoms with Crippen LogP contribution in [0.1, 0.15) is 100 Å². The molecule has 13 rings (SSSR count). The maximum absolute atomic E-state index is 11.1. The maximum Gasteiger partial charge on any atom is 1.00 e. The summed E-state index contributed by atoms with van der Waals surface area (Å²) >= 11 is 28.6. The standard InChI is InChI=1S/4C12H14N2O3S.C6H3ClN2O.C6H4N2OS.C5H6N2O.C5H11NO2S.C2H4S2.CH3F.Cl2OS.4ClH.K/c4*1-12(2)10(11(16)17)14-9(18-12)6-7-8(15)4-3-5-13-7;7-6-9-5-4(10-6)2-1-3-8-5;10-6-8-5-4(9-6)2-1-3-7-5;6-5-4(8)2-1-3-7-5;1-5(2,9)3(6)4(7)8;1-2(3)4;1-2;1-4(2)3;;;;;/h4*3-5,10,15H,6H2,1-2H3,(H,16,17);1-3H;1-3H,(H,7,8,10);1-3,8H,(H2,6,7);3,9H,6H2,1-2H3,(H,7,8);1H3,(H,3,4);1H3;;4*1H;/q;;;;;;;;;;;;;;;+1/p-1/t4*10-;;;;;;;;;;;;/m1100............/s1/i;;;;;;;;;1D;;;;;;. The van der Waals surface area contributed by atoms with E-state index in [0.29, 0.717) is 100 Å². The van der Waals surface area contributed by atoms with Crippen LogP contribution in [0.15, 0.2) is 157 Å². The Morgan fingerprint density at radius 1 is 0.565 bits per heavy atom. The molecule has 4 aliphatic rings. The molecule has 0 radical (unpaired) electrons. The van der Waals surface area contributed by atoms with Gasteiger partial charge in [0.05, 0.1) is 51.5 Å². The van der Waals surface area contributed by atoms with Crippen LogP contribution in [0.25, 0.3) is 22.5 Å². The molecule has 0 spiro atoms. The van der Waals surface area contributed by atoms with Gasteiger partial charge in [-0.15, -0.1) is 96.7 Å². The van der Waals surface area contributed by atoms with E-state index >= 15 is 0 Å². The number of aromatic hydroxyl groups is 5. The molecule has 124 heavy (non-hydrogen) atoms. The quantitative estimate of drug-likeness (QED) is 0.0158. The normalized spacial score (nSPS) is 16.6. The zero-order chi connectivity index (χ0) is 90.8. The second-order valence-electron chi connectivity index (χ2n) is 26.7. The number of hydrogen-bond acceptors (Lipinski definition) is 35. The molecule has 9 aromatic rings. The molecule has 0 aromatic carbocycles.